The highest BCUT2D eigenvalue weighted by Gasteiger charge is 2.14. The van der Waals surface area contributed by atoms with E-state index in [2.05, 4.69) is 76.0 Å². The normalized spacial score (nSPS) is 13.4. The molecule has 0 saturated heterocycles. The van der Waals surface area contributed by atoms with Gasteiger partial charge in [0.15, 0.2) is 0 Å². The molecule has 0 fully saturated rings. The minimum absolute atomic E-state index is 0.245. The molecule has 1 aromatic carbocycles. The zero-order valence-electron chi connectivity index (χ0n) is 14.5. The Kier molecular flexibility index (Phi) is 8.43. The lowest BCUT2D eigenvalue weighted by Gasteiger charge is -2.21. The van der Waals surface area contributed by atoms with Crippen LogP contribution in [-0.2, 0) is 11.8 Å². The van der Waals surface area contributed by atoms with Crippen LogP contribution in [0.25, 0.3) is 0 Å². The first-order valence-corrected chi connectivity index (χ1v) is 9.53. The Hall–Kier alpha value is -0.470. The first-order valence-electron chi connectivity index (χ1n) is 8.38. The van der Waals surface area contributed by atoms with Crippen LogP contribution in [0.2, 0.25) is 0 Å². The second kappa shape index (κ2) is 9.53. The molecule has 0 aliphatic heterocycles. The molecule has 1 rings (SSSR count). The molecular weight excluding hydrogens is 274 g/mol. The van der Waals surface area contributed by atoms with Gasteiger partial charge in [0, 0.05) is 11.8 Å². The van der Waals surface area contributed by atoms with Crippen molar-refractivity contribution in [2.75, 3.05) is 18.1 Å². The highest BCUT2D eigenvalue weighted by Crippen LogP contribution is 2.22. The molecule has 0 amide bonds. The molecule has 0 heterocycles. The van der Waals surface area contributed by atoms with Gasteiger partial charge in [0.2, 0.25) is 0 Å². The molecule has 120 valence electrons. The van der Waals surface area contributed by atoms with E-state index in [1.165, 1.54) is 35.5 Å². The fourth-order valence-electron chi connectivity index (χ4n) is 2.33. The molecule has 1 atom stereocenters. The molecule has 0 radical (unpaired) electrons. The van der Waals surface area contributed by atoms with Crippen LogP contribution >= 0.6 is 11.8 Å². The first-order chi connectivity index (χ1) is 9.97. The third-order valence-electron chi connectivity index (χ3n) is 3.65. The number of rotatable bonds is 9. The van der Waals surface area contributed by atoms with Gasteiger partial charge in [-0.15, -0.1) is 0 Å². The summed E-state index contributed by atoms with van der Waals surface area (Å²) in [6, 6.07) is 9.82. The summed E-state index contributed by atoms with van der Waals surface area (Å²) in [5, 5.41) is 3.70. The zero-order chi connectivity index (χ0) is 15.7. The van der Waals surface area contributed by atoms with Crippen LogP contribution < -0.4 is 5.32 Å². The Bertz CT molecular complexity index is 378. The molecule has 1 nitrogen and oxygen atoms in total. The summed E-state index contributed by atoms with van der Waals surface area (Å²) < 4.78 is 0. The molecule has 0 bridgehead atoms. The molecule has 1 N–H and O–H groups in total. The highest BCUT2D eigenvalue weighted by molar-refractivity contribution is 7.99. The summed E-state index contributed by atoms with van der Waals surface area (Å²) >= 11 is 2.08. The molecule has 0 aliphatic carbocycles. The smallest absolute Gasteiger partial charge is 0.0198 e. The van der Waals surface area contributed by atoms with Gasteiger partial charge in [0.25, 0.3) is 0 Å². The Morgan fingerprint density at radius 2 is 1.71 bits per heavy atom. The van der Waals surface area contributed by atoms with Crippen molar-refractivity contribution in [1.82, 2.24) is 5.32 Å². The lowest BCUT2D eigenvalue weighted by atomic mass is 9.86. The summed E-state index contributed by atoms with van der Waals surface area (Å²) in [5.74, 6) is 2.49. The lowest BCUT2D eigenvalue weighted by Crippen LogP contribution is -2.34. The van der Waals surface area contributed by atoms with Gasteiger partial charge in [-0.3, -0.25) is 0 Å². The monoisotopic (exact) mass is 307 g/mol. The summed E-state index contributed by atoms with van der Waals surface area (Å²) in [7, 11) is 0. The van der Waals surface area contributed by atoms with Crippen LogP contribution in [0.1, 0.15) is 58.6 Å². The van der Waals surface area contributed by atoms with E-state index >= 15 is 0 Å². The van der Waals surface area contributed by atoms with Gasteiger partial charge >= 0.3 is 0 Å². The molecule has 0 saturated carbocycles. The summed E-state index contributed by atoms with van der Waals surface area (Å²) in [6.07, 6.45) is 3.62. The molecule has 0 aromatic heterocycles. The topological polar surface area (TPSA) is 12.0 Å². The van der Waals surface area contributed by atoms with Gasteiger partial charge in [0.1, 0.15) is 0 Å². The van der Waals surface area contributed by atoms with Crippen molar-refractivity contribution in [1.29, 1.82) is 0 Å². The van der Waals surface area contributed by atoms with Crippen molar-refractivity contribution in [3.05, 3.63) is 35.4 Å². The highest BCUT2D eigenvalue weighted by atomic mass is 32.2. The van der Waals surface area contributed by atoms with Crippen molar-refractivity contribution in [2.45, 2.75) is 65.3 Å². The summed E-state index contributed by atoms with van der Waals surface area (Å²) in [6.45, 7) is 12.4. The fraction of sp³-hybridized carbons (Fsp3) is 0.684. The van der Waals surface area contributed by atoms with Gasteiger partial charge in [-0.2, -0.15) is 11.8 Å². The van der Waals surface area contributed by atoms with E-state index in [0.29, 0.717) is 6.04 Å². The summed E-state index contributed by atoms with van der Waals surface area (Å²) in [5.41, 5.74) is 3.12. The van der Waals surface area contributed by atoms with Gasteiger partial charge in [-0.1, -0.05) is 58.9 Å². The third-order valence-corrected chi connectivity index (χ3v) is 4.99. The Morgan fingerprint density at radius 1 is 1.05 bits per heavy atom. The van der Waals surface area contributed by atoms with E-state index in [4.69, 9.17) is 0 Å². The molecular formula is C19H33NS. The molecule has 1 unspecified atom stereocenters. The molecule has 0 spiro atoms. The van der Waals surface area contributed by atoms with Crippen molar-refractivity contribution in [3.63, 3.8) is 0 Å². The zero-order valence-corrected chi connectivity index (χ0v) is 15.4. The predicted molar refractivity (Wildman–Crippen MR) is 98.5 cm³/mol. The largest absolute Gasteiger partial charge is 0.313 e. The van der Waals surface area contributed by atoms with Crippen molar-refractivity contribution in [3.8, 4) is 0 Å². The number of nitrogens with one attached hydrogen (secondary N) is 1. The maximum absolute atomic E-state index is 3.70. The number of benzene rings is 1. The number of hydrogen-bond donors (Lipinski definition) is 1. The SMILES string of the molecule is CCCNC(CSCCC)Cc1ccc(C(C)(C)C)cc1. The summed E-state index contributed by atoms with van der Waals surface area (Å²) in [4.78, 5) is 0. The standard InChI is InChI=1S/C19H33NS/c1-6-12-20-18(15-21-13-7-2)14-16-8-10-17(11-9-16)19(3,4)5/h8-11,18,20H,6-7,12-15H2,1-5H3. The molecule has 0 aliphatic rings. The van der Waals surface area contributed by atoms with Gasteiger partial charge in [-0.05, 0) is 48.1 Å². The second-order valence-corrected chi connectivity index (χ2v) is 8.03. The van der Waals surface area contributed by atoms with E-state index in [0.717, 1.165) is 13.0 Å². The second-order valence-electron chi connectivity index (χ2n) is 6.88. The number of thioether (sulfide) groups is 1. The average molecular weight is 308 g/mol. The van der Waals surface area contributed by atoms with E-state index < -0.39 is 0 Å². The third kappa shape index (κ3) is 7.37. The average Bonchev–Trinajstić information content (AvgIpc) is 2.44. The molecule has 21 heavy (non-hydrogen) atoms. The van der Waals surface area contributed by atoms with Crippen molar-refractivity contribution < 1.29 is 0 Å². The van der Waals surface area contributed by atoms with Gasteiger partial charge < -0.3 is 5.32 Å². The van der Waals surface area contributed by atoms with E-state index in [1.807, 2.05) is 0 Å². The molecule has 1 aromatic rings. The Balaban J connectivity index is 2.60. The van der Waals surface area contributed by atoms with Crippen LogP contribution in [0, 0.1) is 0 Å². The van der Waals surface area contributed by atoms with Crippen LogP contribution in [-0.4, -0.2) is 24.1 Å². The van der Waals surface area contributed by atoms with Gasteiger partial charge in [0.05, 0.1) is 0 Å². The van der Waals surface area contributed by atoms with Gasteiger partial charge in [-0.25, -0.2) is 0 Å². The number of hydrogen-bond acceptors (Lipinski definition) is 2. The maximum atomic E-state index is 3.70. The minimum Gasteiger partial charge on any atom is -0.313 e. The van der Waals surface area contributed by atoms with Crippen LogP contribution in [0.15, 0.2) is 24.3 Å². The quantitative estimate of drug-likeness (QED) is 0.642. The van der Waals surface area contributed by atoms with Crippen molar-refractivity contribution in [2.24, 2.45) is 0 Å². The van der Waals surface area contributed by atoms with Crippen LogP contribution in [0.5, 0.6) is 0 Å². The van der Waals surface area contributed by atoms with E-state index in [-0.39, 0.29) is 5.41 Å². The Labute approximate surface area is 136 Å². The van der Waals surface area contributed by atoms with Crippen molar-refractivity contribution >= 4 is 11.8 Å². The van der Waals surface area contributed by atoms with E-state index in [1.54, 1.807) is 0 Å². The van der Waals surface area contributed by atoms with Crippen LogP contribution in [0.4, 0.5) is 0 Å². The Morgan fingerprint density at radius 3 is 2.24 bits per heavy atom. The first kappa shape index (κ1) is 18.6. The van der Waals surface area contributed by atoms with E-state index in [9.17, 15) is 0 Å². The minimum atomic E-state index is 0.245. The molecule has 2 heteroatoms. The predicted octanol–water partition coefficient (Wildman–Crippen LogP) is 5.04. The fourth-order valence-corrected chi connectivity index (χ4v) is 3.31. The lowest BCUT2D eigenvalue weighted by molar-refractivity contribution is 0.549. The van der Waals surface area contributed by atoms with Crippen LogP contribution in [0.3, 0.4) is 0 Å². The maximum Gasteiger partial charge on any atom is 0.0198 e.